The van der Waals surface area contributed by atoms with Crippen LogP contribution in [0.1, 0.15) is 5.76 Å². The smallest absolute Gasteiger partial charge is 0.401 e. The molecule has 8 heteroatoms. The minimum Gasteiger partial charge on any atom is -0.401 e. The second-order valence-corrected chi connectivity index (χ2v) is 2.26. The van der Waals surface area contributed by atoms with Gasteiger partial charge in [-0.05, 0) is 16.7 Å². The molecule has 0 N–H and O–H groups in total. The van der Waals surface area contributed by atoms with Gasteiger partial charge in [0.05, 0.1) is 6.07 Å². The fourth-order valence-electron chi connectivity index (χ4n) is 0.784. The van der Waals surface area contributed by atoms with Gasteiger partial charge in [-0.1, -0.05) is 0 Å². The van der Waals surface area contributed by atoms with E-state index < -0.39 is 10.8 Å². The summed E-state index contributed by atoms with van der Waals surface area (Å²) in [5, 5.41) is 21.8. The molecule has 0 bridgehead atoms. The molecule has 0 saturated heterocycles. The van der Waals surface area contributed by atoms with Crippen LogP contribution in [0.25, 0.3) is 16.5 Å². The number of nitrogens with zero attached hydrogens (tertiary/aromatic N) is 5. The van der Waals surface area contributed by atoms with Gasteiger partial charge in [0.2, 0.25) is 0 Å². The molecule has 1 aromatic rings. The maximum absolute atomic E-state index is 10.2. The van der Waals surface area contributed by atoms with Gasteiger partial charge in [-0.25, -0.2) is 0 Å². The van der Waals surface area contributed by atoms with Crippen molar-refractivity contribution >= 4 is 12.0 Å². The van der Waals surface area contributed by atoms with Crippen molar-refractivity contribution in [3.05, 3.63) is 44.1 Å². The molecule has 0 aliphatic rings. The van der Waals surface area contributed by atoms with E-state index in [-0.39, 0.29) is 11.5 Å². The highest BCUT2D eigenvalue weighted by molar-refractivity contribution is 5.53. The highest BCUT2D eigenvalue weighted by Crippen LogP contribution is 2.18. The Morgan fingerprint density at radius 3 is 3.00 bits per heavy atom. The number of hydrogen-bond acceptors (Lipinski definition) is 5. The second kappa shape index (κ2) is 4.45. The van der Waals surface area contributed by atoms with Crippen molar-refractivity contribution in [3.63, 3.8) is 0 Å². The standard InChI is InChI=1S/C7H3N5O3/c8-4-5(10-11-9)3-6-1-2-7(15-6)12(13)14/h1-3H/b5-3+. The van der Waals surface area contributed by atoms with Crippen LogP contribution in [0, 0.1) is 21.4 Å². The van der Waals surface area contributed by atoms with E-state index >= 15 is 0 Å². The summed E-state index contributed by atoms with van der Waals surface area (Å²) in [5.41, 5.74) is 7.83. The SMILES string of the molecule is N#C/C(=C\c1ccc([N+](=O)[O-])o1)N=[N+]=[N-]. The number of hydrogen-bond donors (Lipinski definition) is 0. The number of nitro groups is 1. The highest BCUT2D eigenvalue weighted by atomic mass is 16.6. The largest absolute Gasteiger partial charge is 0.433 e. The van der Waals surface area contributed by atoms with Gasteiger partial charge in [-0.15, -0.1) is 0 Å². The number of rotatable bonds is 3. The Balaban J connectivity index is 3.03. The highest BCUT2D eigenvalue weighted by Gasteiger charge is 2.10. The van der Waals surface area contributed by atoms with Crippen molar-refractivity contribution in [2.45, 2.75) is 0 Å². The van der Waals surface area contributed by atoms with E-state index in [0.717, 1.165) is 12.1 Å². The molecule has 0 aliphatic carbocycles. The molecule has 0 amide bonds. The zero-order valence-electron chi connectivity index (χ0n) is 7.19. The molecule has 0 saturated carbocycles. The molecule has 0 spiro atoms. The van der Waals surface area contributed by atoms with Gasteiger partial charge < -0.3 is 4.42 Å². The molecule has 1 rings (SSSR count). The lowest BCUT2D eigenvalue weighted by molar-refractivity contribution is -0.402. The summed E-state index contributed by atoms with van der Waals surface area (Å²) in [4.78, 5) is 11.9. The normalized spacial score (nSPS) is 10.2. The average molecular weight is 205 g/mol. The van der Waals surface area contributed by atoms with Gasteiger partial charge in [-0.2, -0.15) is 5.26 Å². The van der Waals surface area contributed by atoms with E-state index in [0.29, 0.717) is 0 Å². The molecule has 0 aliphatic heterocycles. The van der Waals surface area contributed by atoms with E-state index in [9.17, 15) is 10.1 Å². The van der Waals surface area contributed by atoms with E-state index in [4.69, 9.17) is 15.2 Å². The van der Waals surface area contributed by atoms with Crippen molar-refractivity contribution in [1.82, 2.24) is 0 Å². The predicted molar refractivity (Wildman–Crippen MR) is 48.1 cm³/mol. The first-order valence-corrected chi connectivity index (χ1v) is 3.58. The molecular formula is C7H3N5O3. The monoisotopic (exact) mass is 205 g/mol. The predicted octanol–water partition coefficient (Wildman–Crippen LogP) is 2.36. The Morgan fingerprint density at radius 2 is 2.53 bits per heavy atom. The summed E-state index contributed by atoms with van der Waals surface area (Å²) in [6.45, 7) is 0. The summed E-state index contributed by atoms with van der Waals surface area (Å²) in [6, 6.07) is 4.03. The Bertz CT molecular complexity index is 503. The third kappa shape index (κ3) is 2.58. The average Bonchev–Trinajstić information content (AvgIpc) is 2.65. The first kappa shape index (κ1) is 10.3. The minimum atomic E-state index is -0.711. The Kier molecular flexibility index (Phi) is 3.06. The van der Waals surface area contributed by atoms with Crippen LogP contribution in [0.4, 0.5) is 5.88 Å². The summed E-state index contributed by atoms with van der Waals surface area (Å²) >= 11 is 0. The first-order valence-electron chi connectivity index (χ1n) is 3.58. The number of allylic oxidation sites excluding steroid dienone is 1. The fraction of sp³-hybridized carbons (Fsp3) is 0. The maximum atomic E-state index is 10.2. The van der Waals surface area contributed by atoms with Crippen LogP contribution in [0.2, 0.25) is 0 Å². The fourth-order valence-corrected chi connectivity index (χ4v) is 0.784. The molecule has 15 heavy (non-hydrogen) atoms. The van der Waals surface area contributed by atoms with Crippen molar-refractivity contribution in [3.8, 4) is 6.07 Å². The molecule has 1 heterocycles. The molecule has 0 aromatic carbocycles. The zero-order chi connectivity index (χ0) is 11.3. The number of azide groups is 1. The van der Waals surface area contributed by atoms with Crippen LogP contribution in [0.15, 0.2) is 27.4 Å². The second-order valence-electron chi connectivity index (χ2n) is 2.26. The van der Waals surface area contributed by atoms with Crippen molar-refractivity contribution in [1.29, 1.82) is 5.26 Å². The van der Waals surface area contributed by atoms with Crippen LogP contribution in [0.3, 0.4) is 0 Å². The molecule has 0 unspecified atom stereocenters. The lowest BCUT2D eigenvalue weighted by Crippen LogP contribution is -1.82. The van der Waals surface area contributed by atoms with E-state index in [1.807, 2.05) is 0 Å². The van der Waals surface area contributed by atoms with Crippen LogP contribution >= 0.6 is 0 Å². The summed E-state index contributed by atoms with van der Waals surface area (Å²) in [5.74, 6) is -0.370. The third-order valence-electron chi connectivity index (χ3n) is 1.34. The Hall–Kier alpha value is -2.78. The topological polar surface area (TPSA) is 129 Å². The molecular weight excluding hydrogens is 202 g/mol. The van der Waals surface area contributed by atoms with Gasteiger partial charge in [0.15, 0.2) is 0 Å². The van der Waals surface area contributed by atoms with Crippen LogP contribution in [-0.2, 0) is 0 Å². The van der Waals surface area contributed by atoms with E-state index in [2.05, 4.69) is 10.0 Å². The summed E-state index contributed by atoms with van der Waals surface area (Å²) in [6.07, 6.45) is 1.10. The number of nitriles is 1. The van der Waals surface area contributed by atoms with Crippen molar-refractivity contribution < 1.29 is 9.34 Å². The lowest BCUT2D eigenvalue weighted by atomic mass is 10.3. The zero-order valence-corrected chi connectivity index (χ0v) is 7.19. The van der Waals surface area contributed by atoms with E-state index in [1.165, 1.54) is 6.07 Å². The van der Waals surface area contributed by atoms with Gasteiger partial charge >= 0.3 is 5.88 Å². The Labute approximate surface area is 82.8 Å². The van der Waals surface area contributed by atoms with Gasteiger partial charge in [-0.3, -0.25) is 10.1 Å². The first-order chi connectivity index (χ1) is 7.17. The molecule has 1 aromatic heterocycles. The van der Waals surface area contributed by atoms with Crippen molar-refractivity contribution in [2.75, 3.05) is 0 Å². The Morgan fingerprint density at radius 1 is 1.80 bits per heavy atom. The summed E-state index contributed by atoms with van der Waals surface area (Å²) < 4.78 is 4.71. The van der Waals surface area contributed by atoms with Gasteiger partial charge in [0.1, 0.15) is 22.4 Å². The molecule has 0 radical (unpaired) electrons. The lowest BCUT2D eigenvalue weighted by Gasteiger charge is -1.84. The number of furan rings is 1. The van der Waals surface area contributed by atoms with Gasteiger partial charge in [0, 0.05) is 11.0 Å². The third-order valence-corrected chi connectivity index (χ3v) is 1.34. The summed E-state index contributed by atoms with van der Waals surface area (Å²) in [7, 11) is 0. The van der Waals surface area contributed by atoms with E-state index in [1.54, 1.807) is 6.07 Å². The quantitative estimate of drug-likeness (QED) is 0.187. The van der Waals surface area contributed by atoms with Crippen LogP contribution in [-0.4, -0.2) is 4.92 Å². The molecule has 8 nitrogen and oxygen atoms in total. The van der Waals surface area contributed by atoms with Gasteiger partial charge in [0.25, 0.3) is 0 Å². The molecule has 0 fully saturated rings. The van der Waals surface area contributed by atoms with Crippen molar-refractivity contribution in [2.24, 2.45) is 5.11 Å². The maximum Gasteiger partial charge on any atom is 0.433 e. The molecule has 0 atom stereocenters. The molecule has 74 valence electrons. The van der Waals surface area contributed by atoms with Crippen LogP contribution < -0.4 is 0 Å². The van der Waals surface area contributed by atoms with Crippen LogP contribution in [0.5, 0.6) is 0 Å². The minimum absolute atomic E-state index is 0.0747.